The minimum atomic E-state index is -0.687. The van der Waals surface area contributed by atoms with Crippen molar-refractivity contribution in [3.05, 3.63) is 63.9 Å². The molecule has 1 N–H and O–H groups in total. The molecule has 0 aliphatic carbocycles. The monoisotopic (exact) mass is 334 g/mol. The average Bonchev–Trinajstić information content (AvgIpc) is 2.85. The number of anilines is 1. The molecule has 0 unspecified atom stereocenters. The lowest BCUT2D eigenvalue weighted by atomic mass is 10.3. The third kappa shape index (κ3) is 3.12. The fourth-order valence-corrected chi connectivity index (χ4v) is 2.43. The van der Waals surface area contributed by atoms with Crippen molar-refractivity contribution in [1.82, 2.24) is 4.57 Å². The molecule has 0 aliphatic heterocycles. The van der Waals surface area contributed by atoms with E-state index >= 15 is 0 Å². The molecule has 2 aromatic carbocycles. The summed E-state index contributed by atoms with van der Waals surface area (Å²) in [5, 5.41) is 2.37. The Balaban J connectivity index is 1.72. The Hall–Kier alpha value is -2.60. The standard InChI is InChI=1S/C16H12ClFN2O3/c17-10-4-3-5-11(15(10)18)19-14(21)8-9-20-12-6-1-2-7-13(12)23-16(20)22/h1-7H,8-9H2,(H,19,21). The van der Waals surface area contributed by atoms with E-state index in [0.29, 0.717) is 11.1 Å². The van der Waals surface area contributed by atoms with Gasteiger partial charge in [0, 0.05) is 13.0 Å². The molecule has 3 rings (SSSR count). The third-order valence-electron chi connectivity index (χ3n) is 3.36. The molecule has 0 aliphatic rings. The maximum Gasteiger partial charge on any atom is 0.419 e. The van der Waals surface area contributed by atoms with Crippen LogP contribution in [0.5, 0.6) is 0 Å². The van der Waals surface area contributed by atoms with Gasteiger partial charge in [0.25, 0.3) is 0 Å². The maximum absolute atomic E-state index is 13.7. The number of carbonyl (C=O) groups excluding carboxylic acids is 1. The van der Waals surface area contributed by atoms with Gasteiger partial charge in [0.2, 0.25) is 5.91 Å². The highest BCUT2D eigenvalue weighted by molar-refractivity contribution is 6.31. The first-order valence-electron chi connectivity index (χ1n) is 6.88. The Labute approximate surface area is 135 Å². The van der Waals surface area contributed by atoms with Gasteiger partial charge in [0.1, 0.15) is 0 Å². The second-order valence-corrected chi connectivity index (χ2v) is 5.29. The van der Waals surface area contributed by atoms with Crippen LogP contribution in [0.2, 0.25) is 5.02 Å². The van der Waals surface area contributed by atoms with E-state index in [9.17, 15) is 14.0 Å². The first-order chi connectivity index (χ1) is 11.1. The topological polar surface area (TPSA) is 64.2 Å². The van der Waals surface area contributed by atoms with Crippen LogP contribution in [-0.4, -0.2) is 10.5 Å². The molecule has 3 aromatic rings. The number of halogens is 2. The summed E-state index contributed by atoms with van der Waals surface area (Å²) in [5.74, 6) is -1.65. The van der Waals surface area contributed by atoms with Gasteiger partial charge in [0.05, 0.1) is 16.2 Å². The highest BCUT2D eigenvalue weighted by Crippen LogP contribution is 2.22. The zero-order chi connectivity index (χ0) is 16.4. The number of carbonyl (C=O) groups is 1. The van der Waals surface area contributed by atoms with E-state index in [1.54, 1.807) is 24.3 Å². The molecule has 0 fully saturated rings. The van der Waals surface area contributed by atoms with Crippen molar-refractivity contribution in [2.24, 2.45) is 0 Å². The van der Waals surface area contributed by atoms with Gasteiger partial charge >= 0.3 is 5.76 Å². The van der Waals surface area contributed by atoms with Gasteiger partial charge < -0.3 is 9.73 Å². The Morgan fingerprint density at radius 1 is 1.22 bits per heavy atom. The molecule has 5 nitrogen and oxygen atoms in total. The number of rotatable bonds is 4. The normalized spacial score (nSPS) is 10.9. The van der Waals surface area contributed by atoms with Gasteiger partial charge in [-0.1, -0.05) is 29.8 Å². The van der Waals surface area contributed by atoms with Crippen molar-refractivity contribution in [2.75, 3.05) is 5.32 Å². The molecule has 7 heteroatoms. The first-order valence-corrected chi connectivity index (χ1v) is 7.26. The van der Waals surface area contributed by atoms with Crippen LogP contribution in [0.15, 0.2) is 51.7 Å². The van der Waals surface area contributed by atoms with Crippen LogP contribution in [0, 0.1) is 5.82 Å². The molecule has 23 heavy (non-hydrogen) atoms. The second-order valence-electron chi connectivity index (χ2n) is 4.89. The Kier molecular flexibility index (Phi) is 4.16. The number of hydrogen-bond acceptors (Lipinski definition) is 3. The SMILES string of the molecule is O=C(CCn1c(=O)oc2ccccc21)Nc1cccc(Cl)c1F. The summed E-state index contributed by atoms with van der Waals surface area (Å²) in [6.07, 6.45) is -0.00458. The largest absolute Gasteiger partial charge is 0.419 e. The van der Waals surface area contributed by atoms with Crippen molar-refractivity contribution in [3.63, 3.8) is 0 Å². The first kappa shape index (κ1) is 15.3. The predicted octanol–water partition coefficient (Wildman–Crippen LogP) is 3.42. The lowest BCUT2D eigenvalue weighted by molar-refractivity contribution is -0.116. The number of hydrogen-bond donors (Lipinski definition) is 1. The van der Waals surface area contributed by atoms with Gasteiger partial charge in [-0.05, 0) is 24.3 Å². The van der Waals surface area contributed by atoms with E-state index in [0.717, 1.165) is 0 Å². The van der Waals surface area contributed by atoms with Crippen molar-refractivity contribution in [1.29, 1.82) is 0 Å². The molecule has 0 spiro atoms. The highest BCUT2D eigenvalue weighted by Gasteiger charge is 2.12. The summed E-state index contributed by atoms with van der Waals surface area (Å²) < 4.78 is 20.2. The van der Waals surface area contributed by atoms with Crippen LogP contribution in [0.1, 0.15) is 6.42 Å². The Bertz CT molecular complexity index is 932. The van der Waals surface area contributed by atoms with Gasteiger partial charge in [0.15, 0.2) is 11.4 Å². The smallest absolute Gasteiger partial charge is 0.408 e. The van der Waals surface area contributed by atoms with E-state index < -0.39 is 17.5 Å². The van der Waals surface area contributed by atoms with Crippen LogP contribution in [0.25, 0.3) is 11.1 Å². The average molecular weight is 335 g/mol. The minimum Gasteiger partial charge on any atom is -0.408 e. The fourth-order valence-electron chi connectivity index (χ4n) is 2.25. The Morgan fingerprint density at radius 2 is 2.00 bits per heavy atom. The molecule has 0 saturated carbocycles. The van der Waals surface area contributed by atoms with Gasteiger partial charge in [-0.3, -0.25) is 9.36 Å². The minimum absolute atomic E-state index is 0.00458. The number of nitrogens with zero attached hydrogens (tertiary/aromatic N) is 1. The Morgan fingerprint density at radius 3 is 2.83 bits per heavy atom. The predicted molar refractivity (Wildman–Crippen MR) is 85.1 cm³/mol. The summed E-state index contributed by atoms with van der Waals surface area (Å²) in [4.78, 5) is 23.7. The zero-order valence-corrected chi connectivity index (χ0v) is 12.6. The molecule has 0 atom stereocenters. The summed E-state index contributed by atoms with van der Waals surface area (Å²) in [5.41, 5.74) is 1.07. The number of oxazole rings is 1. The van der Waals surface area contributed by atoms with E-state index in [2.05, 4.69) is 5.32 Å². The number of nitrogens with one attached hydrogen (secondary N) is 1. The summed E-state index contributed by atoms with van der Waals surface area (Å²) in [6, 6.07) is 11.3. The van der Waals surface area contributed by atoms with Crippen molar-refractivity contribution < 1.29 is 13.6 Å². The number of para-hydroxylation sites is 2. The number of fused-ring (bicyclic) bond motifs is 1. The molecule has 1 aromatic heterocycles. The molecule has 118 valence electrons. The lowest BCUT2D eigenvalue weighted by Crippen LogP contribution is -2.20. The third-order valence-corrected chi connectivity index (χ3v) is 3.65. The van der Waals surface area contributed by atoms with Crippen LogP contribution < -0.4 is 11.1 Å². The van der Waals surface area contributed by atoms with E-state index in [-0.39, 0.29) is 23.7 Å². The maximum atomic E-state index is 13.7. The van der Waals surface area contributed by atoms with Gasteiger partial charge in [-0.15, -0.1) is 0 Å². The number of aromatic nitrogens is 1. The van der Waals surface area contributed by atoms with Crippen molar-refractivity contribution in [2.45, 2.75) is 13.0 Å². The van der Waals surface area contributed by atoms with Gasteiger partial charge in [-0.2, -0.15) is 0 Å². The molecule has 0 saturated heterocycles. The van der Waals surface area contributed by atoms with Crippen molar-refractivity contribution >= 4 is 34.3 Å². The second kappa shape index (κ2) is 6.26. The molecule has 0 bridgehead atoms. The molecular weight excluding hydrogens is 323 g/mol. The van der Waals surface area contributed by atoms with Crippen LogP contribution in [0.4, 0.5) is 10.1 Å². The molecule has 1 amide bonds. The van der Waals surface area contributed by atoms with Gasteiger partial charge in [-0.25, -0.2) is 9.18 Å². The van der Waals surface area contributed by atoms with E-state index in [1.165, 1.54) is 22.8 Å². The molecule has 0 radical (unpaired) electrons. The fraction of sp³-hybridized carbons (Fsp3) is 0.125. The molecular formula is C16H12ClFN2O3. The van der Waals surface area contributed by atoms with Crippen molar-refractivity contribution in [3.8, 4) is 0 Å². The molecule has 1 heterocycles. The summed E-state index contributed by atoms with van der Waals surface area (Å²) in [6.45, 7) is 0.129. The summed E-state index contributed by atoms with van der Waals surface area (Å²) in [7, 11) is 0. The van der Waals surface area contributed by atoms with Crippen LogP contribution in [-0.2, 0) is 11.3 Å². The van der Waals surface area contributed by atoms with Crippen LogP contribution >= 0.6 is 11.6 Å². The van der Waals surface area contributed by atoms with E-state index in [1.807, 2.05) is 0 Å². The number of amides is 1. The highest BCUT2D eigenvalue weighted by atomic mass is 35.5. The van der Waals surface area contributed by atoms with E-state index in [4.69, 9.17) is 16.0 Å². The quantitative estimate of drug-likeness (QED) is 0.795. The summed E-state index contributed by atoms with van der Waals surface area (Å²) >= 11 is 5.66. The van der Waals surface area contributed by atoms with Crippen LogP contribution in [0.3, 0.4) is 0 Å². The number of benzene rings is 2. The lowest BCUT2D eigenvalue weighted by Gasteiger charge is -2.07. The zero-order valence-electron chi connectivity index (χ0n) is 11.9. The number of aryl methyl sites for hydroxylation is 1.